The van der Waals surface area contributed by atoms with Crippen molar-refractivity contribution in [1.29, 1.82) is 0 Å². The molecule has 1 rings (SSSR count). The maximum Gasteiger partial charge on any atom is 0.250 e. The summed E-state index contributed by atoms with van der Waals surface area (Å²) in [6.07, 6.45) is 0. The zero-order chi connectivity index (χ0) is 12.2. The number of ether oxygens (including phenoxy) is 1. The molecule has 1 aromatic carbocycles. The normalized spacial score (nSPS) is 11.2. The van der Waals surface area contributed by atoms with Gasteiger partial charge in [-0.25, -0.2) is 0 Å². The molecule has 0 aliphatic carbocycles. The molecular weight excluding hydrogens is 270 g/mol. The van der Waals surface area contributed by atoms with Crippen LogP contribution in [0.3, 0.4) is 0 Å². The summed E-state index contributed by atoms with van der Waals surface area (Å²) in [6, 6.07) is 7.47. The summed E-state index contributed by atoms with van der Waals surface area (Å²) in [4.78, 5) is 11.6. The van der Waals surface area contributed by atoms with Crippen molar-refractivity contribution in [2.45, 2.75) is 26.4 Å². The number of benzene rings is 1. The van der Waals surface area contributed by atoms with E-state index in [0.29, 0.717) is 0 Å². The highest BCUT2D eigenvalue weighted by molar-refractivity contribution is 9.10. The molecule has 1 amide bonds. The Morgan fingerprint density at radius 1 is 1.38 bits per heavy atom. The summed E-state index contributed by atoms with van der Waals surface area (Å²) in [6.45, 7) is 5.81. The third-order valence-electron chi connectivity index (χ3n) is 1.78. The topological polar surface area (TPSA) is 38.3 Å². The van der Waals surface area contributed by atoms with Gasteiger partial charge in [-0.1, -0.05) is 12.1 Å². The number of hydrogen-bond donors (Lipinski definition) is 1. The monoisotopic (exact) mass is 285 g/mol. The van der Waals surface area contributed by atoms with E-state index in [9.17, 15) is 4.79 Å². The first-order valence-electron chi connectivity index (χ1n) is 5.07. The fourth-order valence-electron chi connectivity index (χ4n) is 1.03. The van der Waals surface area contributed by atoms with Gasteiger partial charge < -0.3 is 10.1 Å². The van der Waals surface area contributed by atoms with Gasteiger partial charge >= 0.3 is 0 Å². The number of hydrogen-bond acceptors (Lipinski definition) is 2. The molecule has 0 aliphatic rings. The SMILES string of the molecule is CC(C)(C)OCC(=O)Nc1ccccc1Br. The Bertz CT molecular complexity index is 372. The number of carbonyl (C=O) groups is 1. The number of nitrogens with one attached hydrogen (secondary N) is 1. The molecule has 16 heavy (non-hydrogen) atoms. The number of anilines is 1. The van der Waals surface area contributed by atoms with Crippen molar-refractivity contribution in [3.63, 3.8) is 0 Å². The van der Waals surface area contributed by atoms with Crippen molar-refractivity contribution in [3.8, 4) is 0 Å². The van der Waals surface area contributed by atoms with Crippen molar-refractivity contribution in [1.82, 2.24) is 0 Å². The first-order valence-corrected chi connectivity index (χ1v) is 5.86. The van der Waals surface area contributed by atoms with E-state index in [2.05, 4.69) is 21.2 Å². The largest absolute Gasteiger partial charge is 0.366 e. The Morgan fingerprint density at radius 2 is 2.00 bits per heavy atom. The predicted molar refractivity (Wildman–Crippen MR) is 68.5 cm³/mol. The van der Waals surface area contributed by atoms with Crippen LogP contribution in [0.4, 0.5) is 5.69 Å². The second kappa shape index (κ2) is 5.46. The average molecular weight is 286 g/mol. The van der Waals surface area contributed by atoms with Crippen molar-refractivity contribution in [2.24, 2.45) is 0 Å². The molecule has 0 heterocycles. The van der Waals surface area contributed by atoms with Crippen molar-refractivity contribution in [2.75, 3.05) is 11.9 Å². The van der Waals surface area contributed by atoms with Gasteiger partial charge in [-0.3, -0.25) is 4.79 Å². The molecule has 0 aliphatic heterocycles. The van der Waals surface area contributed by atoms with E-state index in [1.54, 1.807) is 0 Å². The van der Waals surface area contributed by atoms with Crippen molar-refractivity contribution < 1.29 is 9.53 Å². The van der Waals surface area contributed by atoms with Gasteiger partial charge in [0.1, 0.15) is 6.61 Å². The molecule has 0 unspecified atom stereocenters. The van der Waals surface area contributed by atoms with Crippen LogP contribution in [0.25, 0.3) is 0 Å². The highest BCUT2D eigenvalue weighted by Gasteiger charge is 2.13. The third-order valence-corrected chi connectivity index (χ3v) is 2.48. The van der Waals surface area contributed by atoms with Gasteiger partial charge in [-0.15, -0.1) is 0 Å². The standard InChI is InChI=1S/C12H16BrNO2/c1-12(2,3)16-8-11(15)14-10-7-5-4-6-9(10)13/h4-7H,8H2,1-3H3,(H,14,15). The number of carbonyl (C=O) groups excluding carboxylic acids is 1. The minimum atomic E-state index is -0.300. The summed E-state index contributed by atoms with van der Waals surface area (Å²) in [5, 5.41) is 2.77. The van der Waals surface area contributed by atoms with Crippen molar-refractivity contribution in [3.05, 3.63) is 28.7 Å². The van der Waals surface area contributed by atoms with Crippen LogP contribution >= 0.6 is 15.9 Å². The molecule has 0 atom stereocenters. The van der Waals surface area contributed by atoms with Crippen molar-refractivity contribution >= 4 is 27.5 Å². The lowest BCUT2D eigenvalue weighted by atomic mass is 10.2. The number of rotatable bonds is 3. The average Bonchev–Trinajstić information content (AvgIpc) is 2.18. The summed E-state index contributed by atoms with van der Waals surface area (Å²) in [7, 11) is 0. The molecule has 1 N–H and O–H groups in total. The third kappa shape index (κ3) is 4.77. The molecule has 0 radical (unpaired) electrons. The fourth-order valence-corrected chi connectivity index (χ4v) is 1.41. The number of para-hydroxylation sites is 1. The molecule has 0 aromatic heterocycles. The lowest BCUT2D eigenvalue weighted by molar-refractivity contribution is -0.125. The van der Waals surface area contributed by atoms with Crippen LogP contribution in [0, 0.1) is 0 Å². The lowest BCUT2D eigenvalue weighted by Gasteiger charge is -2.19. The molecule has 88 valence electrons. The second-order valence-corrected chi connectivity index (χ2v) is 5.28. The molecular formula is C12H16BrNO2. The van der Waals surface area contributed by atoms with Crippen LogP contribution in [-0.4, -0.2) is 18.1 Å². The maximum absolute atomic E-state index is 11.6. The zero-order valence-electron chi connectivity index (χ0n) is 9.71. The molecule has 0 bridgehead atoms. The van der Waals surface area contributed by atoms with Crippen LogP contribution in [-0.2, 0) is 9.53 Å². The van der Waals surface area contributed by atoms with E-state index >= 15 is 0 Å². The maximum atomic E-state index is 11.6. The highest BCUT2D eigenvalue weighted by atomic mass is 79.9. The minimum absolute atomic E-state index is 0.0604. The smallest absolute Gasteiger partial charge is 0.250 e. The van der Waals surface area contributed by atoms with E-state index < -0.39 is 0 Å². The molecule has 0 saturated carbocycles. The van der Waals surface area contributed by atoms with E-state index in [0.717, 1.165) is 10.2 Å². The van der Waals surface area contributed by atoms with E-state index in [1.807, 2.05) is 45.0 Å². The Hall–Kier alpha value is -0.870. The van der Waals surface area contributed by atoms with Gasteiger partial charge in [0.25, 0.3) is 0 Å². The summed E-state index contributed by atoms with van der Waals surface area (Å²) < 4.78 is 6.24. The molecule has 0 spiro atoms. The second-order valence-electron chi connectivity index (χ2n) is 4.43. The summed E-state index contributed by atoms with van der Waals surface area (Å²) in [5.41, 5.74) is 0.454. The predicted octanol–water partition coefficient (Wildman–Crippen LogP) is 3.20. The fraction of sp³-hybridized carbons (Fsp3) is 0.417. The van der Waals surface area contributed by atoms with Crippen LogP contribution in [0.15, 0.2) is 28.7 Å². The number of halogens is 1. The van der Waals surface area contributed by atoms with Gasteiger partial charge in [0.15, 0.2) is 0 Å². The Balaban J connectivity index is 2.50. The van der Waals surface area contributed by atoms with Crippen LogP contribution in [0.2, 0.25) is 0 Å². The first-order chi connectivity index (χ1) is 7.38. The lowest BCUT2D eigenvalue weighted by Crippen LogP contribution is -2.27. The van der Waals surface area contributed by atoms with E-state index in [1.165, 1.54) is 0 Å². The Kier molecular flexibility index (Phi) is 4.50. The molecule has 4 heteroatoms. The summed E-state index contributed by atoms with van der Waals surface area (Å²) >= 11 is 3.36. The van der Waals surface area contributed by atoms with Gasteiger partial charge in [0, 0.05) is 4.47 Å². The Morgan fingerprint density at radius 3 is 2.56 bits per heavy atom. The van der Waals surface area contributed by atoms with Gasteiger partial charge in [-0.05, 0) is 48.8 Å². The van der Waals surface area contributed by atoms with E-state index in [4.69, 9.17) is 4.74 Å². The zero-order valence-corrected chi connectivity index (χ0v) is 11.3. The number of amides is 1. The van der Waals surface area contributed by atoms with E-state index in [-0.39, 0.29) is 18.1 Å². The quantitative estimate of drug-likeness (QED) is 0.926. The van der Waals surface area contributed by atoms with Crippen LogP contribution < -0.4 is 5.32 Å². The Labute approximate surface area is 104 Å². The molecule has 0 fully saturated rings. The van der Waals surface area contributed by atoms with Crippen LogP contribution in [0.1, 0.15) is 20.8 Å². The first kappa shape index (κ1) is 13.2. The minimum Gasteiger partial charge on any atom is -0.366 e. The van der Waals surface area contributed by atoms with Gasteiger partial charge in [-0.2, -0.15) is 0 Å². The molecule has 1 aromatic rings. The summed E-state index contributed by atoms with van der Waals surface area (Å²) in [5.74, 6) is -0.151. The highest BCUT2D eigenvalue weighted by Crippen LogP contribution is 2.21. The molecule has 3 nitrogen and oxygen atoms in total. The molecule has 0 saturated heterocycles. The van der Waals surface area contributed by atoms with Gasteiger partial charge in [0.2, 0.25) is 5.91 Å². The van der Waals surface area contributed by atoms with Crippen LogP contribution in [0.5, 0.6) is 0 Å². The van der Waals surface area contributed by atoms with Gasteiger partial charge in [0.05, 0.1) is 11.3 Å².